The Morgan fingerprint density at radius 3 is 3.23 bits per heavy atom. The third kappa shape index (κ3) is 3.71. The van der Waals surface area contributed by atoms with Crippen LogP contribution in [0.15, 0.2) is 18.5 Å². The molecule has 0 aromatic carbocycles. The fourth-order valence-corrected chi connectivity index (χ4v) is 2.47. The Hall–Kier alpha value is -2.19. The SMILES string of the molecule is CC(=O)NCc1cnc(C2CN(Cc3ccn[nH]3)CCO2)[nH]1. The van der Waals surface area contributed by atoms with Gasteiger partial charge in [-0.1, -0.05) is 0 Å². The van der Waals surface area contributed by atoms with E-state index in [1.807, 2.05) is 6.07 Å². The van der Waals surface area contributed by atoms with Gasteiger partial charge in [-0.2, -0.15) is 5.10 Å². The predicted octanol–water partition coefficient (Wildman–Crippen LogP) is 0.342. The highest BCUT2D eigenvalue weighted by atomic mass is 16.5. The molecule has 8 heteroatoms. The number of hydrogen-bond donors (Lipinski definition) is 3. The maximum absolute atomic E-state index is 10.9. The summed E-state index contributed by atoms with van der Waals surface area (Å²) in [7, 11) is 0. The van der Waals surface area contributed by atoms with Gasteiger partial charge in [0, 0.05) is 38.4 Å². The van der Waals surface area contributed by atoms with Gasteiger partial charge in [0.05, 0.1) is 25.0 Å². The van der Waals surface area contributed by atoms with Crippen molar-refractivity contribution >= 4 is 5.91 Å². The topological polar surface area (TPSA) is 98.9 Å². The molecule has 22 heavy (non-hydrogen) atoms. The Kier molecular flexibility index (Phi) is 4.50. The number of nitrogens with one attached hydrogen (secondary N) is 3. The van der Waals surface area contributed by atoms with Crippen molar-refractivity contribution < 1.29 is 9.53 Å². The first kappa shape index (κ1) is 14.7. The molecule has 2 aromatic rings. The highest BCUT2D eigenvalue weighted by Crippen LogP contribution is 2.20. The van der Waals surface area contributed by atoms with Crippen molar-refractivity contribution in [3.05, 3.63) is 35.7 Å². The van der Waals surface area contributed by atoms with Gasteiger partial charge in [-0.05, 0) is 6.07 Å². The van der Waals surface area contributed by atoms with E-state index in [-0.39, 0.29) is 12.0 Å². The largest absolute Gasteiger partial charge is 0.368 e. The molecule has 118 valence electrons. The predicted molar refractivity (Wildman–Crippen MR) is 78.7 cm³/mol. The molecule has 8 nitrogen and oxygen atoms in total. The van der Waals surface area contributed by atoms with E-state index in [1.165, 1.54) is 6.92 Å². The van der Waals surface area contributed by atoms with Gasteiger partial charge in [0.25, 0.3) is 0 Å². The van der Waals surface area contributed by atoms with Gasteiger partial charge < -0.3 is 15.0 Å². The molecule has 1 amide bonds. The smallest absolute Gasteiger partial charge is 0.217 e. The van der Waals surface area contributed by atoms with Crippen molar-refractivity contribution in [3.63, 3.8) is 0 Å². The van der Waals surface area contributed by atoms with E-state index in [4.69, 9.17) is 4.74 Å². The minimum absolute atomic E-state index is 0.0594. The Morgan fingerprint density at radius 2 is 2.45 bits per heavy atom. The van der Waals surface area contributed by atoms with Crippen molar-refractivity contribution in [1.82, 2.24) is 30.4 Å². The van der Waals surface area contributed by atoms with Crippen molar-refractivity contribution in [1.29, 1.82) is 0 Å². The first-order valence-electron chi connectivity index (χ1n) is 7.31. The third-order valence-electron chi connectivity index (χ3n) is 3.58. The number of imidazole rings is 1. The molecule has 1 aliphatic rings. The lowest BCUT2D eigenvalue weighted by Gasteiger charge is -2.31. The lowest BCUT2D eigenvalue weighted by atomic mass is 10.2. The lowest BCUT2D eigenvalue weighted by molar-refractivity contribution is -0.119. The molecule has 3 rings (SSSR count). The van der Waals surface area contributed by atoms with Crippen LogP contribution in [0.2, 0.25) is 0 Å². The zero-order valence-electron chi connectivity index (χ0n) is 12.5. The maximum Gasteiger partial charge on any atom is 0.217 e. The Bertz CT molecular complexity index is 609. The summed E-state index contributed by atoms with van der Waals surface area (Å²) in [5.74, 6) is 0.741. The summed E-state index contributed by atoms with van der Waals surface area (Å²) in [5.41, 5.74) is 1.96. The van der Waals surface area contributed by atoms with Crippen LogP contribution < -0.4 is 5.32 Å². The van der Waals surface area contributed by atoms with E-state index < -0.39 is 0 Å². The van der Waals surface area contributed by atoms with Crippen molar-refractivity contribution in [3.8, 4) is 0 Å². The maximum atomic E-state index is 10.9. The summed E-state index contributed by atoms with van der Waals surface area (Å²) in [6, 6.07) is 1.98. The van der Waals surface area contributed by atoms with Crippen LogP contribution in [-0.4, -0.2) is 50.7 Å². The average molecular weight is 304 g/mol. The number of carbonyl (C=O) groups is 1. The van der Waals surface area contributed by atoms with Crippen LogP contribution in [0.1, 0.15) is 30.2 Å². The number of hydrogen-bond acceptors (Lipinski definition) is 5. The van der Waals surface area contributed by atoms with Crippen LogP contribution in [0, 0.1) is 0 Å². The normalized spacial score (nSPS) is 19.2. The van der Waals surface area contributed by atoms with E-state index in [2.05, 4.69) is 30.4 Å². The molecule has 1 saturated heterocycles. The molecule has 3 heterocycles. The van der Waals surface area contributed by atoms with Crippen molar-refractivity contribution in [2.75, 3.05) is 19.7 Å². The van der Waals surface area contributed by atoms with Crippen LogP contribution >= 0.6 is 0 Å². The lowest BCUT2D eigenvalue weighted by Crippen LogP contribution is -2.38. The summed E-state index contributed by atoms with van der Waals surface area (Å²) in [6.45, 7) is 5.09. The molecule has 1 fully saturated rings. The van der Waals surface area contributed by atoms with Crippen LogP contribution in [0.25, 0.3) is 0 Å². The van der Waals surface area contributed by atoms with Crippen LogP contribution in [0.4, 0.5) is 0 Å². The first-order valence-corrected chi connectivity index (χ1v) is 7.31. The summed E-state index contributed by atoms with van der Waals surface area (Å²) in [4.78, 5) is 20.8. The number of H-pyrrole nitrogens is 2. The molecule has 3 N–H and O–H groups in total. The molecule has 0 spiro atoms. The fourth-order valence-electron chi connectivity index (χ4n) is 2.47. The summed E-state index contributed by atoms with van der Waals surface area (Å²) in [5, 5.41) is 9.69. The second-order valence-electron chi connectivity index (χ2n) is 5.38. The Balaban J connectivity index is 1.58. The molecule has 0 aliphatic carbocycles. The number of aromatic amines is 2. The number of ether oxygens (including phenoxy) is 1. The molecule has 0 bridgehead atoms. The minimum atomic E-state index is -0.0808. The summed E-state index contributed by atoms with van der Waals surface area (Å²) < 4.78 is 5.80. The third-order valence-corrected chi connectivity index (χ3v) is 3.58. The van der Waals surface area contributed by atoms with Gasteiger partial charge in [-0.15, -0.1) is 0 Å². The van der Waals surface area contributed by atoms with Crippen LogP contribution in [-0.2, 0) is 22.6 Å². The first-order chi connectivity index (χ1) is 10.7. The van der Waals surface area contributed by atoms with Gasteiger partial charge in [0.1, 0.15) is 11.9 Å². The highest BCUT2D eigenvalue weighted by molar-refractivity contribution is 5.72. The van der Waals surface area contributed by atoms with Gasteiger partial charge in [0.2, 0.25) is 5.91 Å². The Labute approximate surface area is 128 Å². The molecular weight excluding hydrogens is 284 g/mol. The summed E-state index contributed by atoms with van der Waals surface area (Å²) in [6.07, 6.45) is 3.42. The average Bonchev–Trinajstić information content (AvgIpc) is 3.16. The Morgan fingerprint density at radius 1 is 1.55 bits per heavy atom. The molecule has 0 saturated carbocycles. The standard InChI is InChI=1S/C14H20N6O2/c1-10(21)15-6-12-7-16-14(18-12)13-9-20(4-5-22-13)8-11-2-3-17-19-11/h2-3,7,13H,4-6,8-9H2,1H3,(H,15,21)(H,16,18)(H,17,19). The fraction of sp³-hybridized carbons (Fsp3) is 0.500. The molecule has 1 atom stereocenters. The van der Waals surface area contributed by atoms with E-state index in [9.17, 15) is 4.79 Å². The number of carbonyl (C=O) groups excluding carboxylic acids is 1. The number of nitrogens with zero attached hydrogens (tertiary/aromatic N) is 3. The monoisotopic (exact) mass is 304 g/mol. The van der Waals surface area contributed by atoms with Crippen molar-refractivity contribution in [2.24, 2.45) is 0 Å². The second kappa shape index (κ2) is 6.71. The number of rotatable bonds is 5. The van der Waals surface area contributed by atoms with E-state index >= 15 is 0 Å². The minimum Gasteiger partial charge on any atom is -0.368 e. The van der Waals surface area contributed by atoms with Gasteiger partial charge in [0.15, 0.2) is 0 Å². The molecular formula is C14H20N6O2. The van der Waals surface area contributed by atoms with E-state index in [1.54, 1.807) is 12.4 Å². The second-order valence-corrected chi connectivity index (χ2v) is 5.38. The van der Waals surface area contributed by atoms with Gasteiger partial charge in [-0.25, -0.2) is 4.98 Å². The van der Waals surface area contributed by atoms with Crippen LogP contribution in [0.5, 0.6) is 0 Å². The number of morpholine rings is 1. The molecule has 1 aliphatic heterocycles. The summed E-state index contributed by atoms with van der Waals surface area (Å²) >= 11 is 0. The molecule has 0 radical (unpaired) electrons. The number of amides is 1. The van der Waals surface area contributed by atoms with E-state index in [0.29, 0.717) is 13.2 Å². The zero-order valence-corrected chi connectivity index (χ0v) is 12.5. The zero-order chi connectivity index (χ0) is 15.4. The van der Waals surface area contributed by atoms with E-state index in [0.717, 1.165) is 36.8 Å². The van der Waals surface area contributed by atoms with Crippen molar-refractivity contribution in [2.45, 2.75) is 26.1 Å². The van der Waals surface area contributed by atoms with Gasteiger partial charge in [-0.3, -0.25) is 14.8 Å². The van der Waals surface area contributed by atoms with Crippen LogP contribution in [0.3, 0.4) is 0 Å². The number of aromatic nitrogens is 4. The molecule has 2 aromatic heterocycles. The quantitative estimate of drug-likeness (QED) is 0.740. The molecule has 1 unspecified atom stereocenters. The van der Waals surface area contributed by atoms with Gasteiger partial charge >= 0.3 is 0 Å². The highest BCUT2D eigenvalue weighted by Gasteiger charge is 2.24.